The Labute approximate surface area is 214 Å². The van der Waals surface area contributed by atoms with Crippen LogP contribution in [0.2, 0.25) is 0 Å². The molecule has 37 heavy (non-hydrogen) atoms. The molecule has 0 radical (unpaired) electrons. The number of aromatic nitrogens is 3. The molecule has 2 aromatic heterocycles. The van der Waals surface area contributed by atoms with E-state index in [9.17, 15) is 9.59 Å². The molecule has 2 heterocycles. The van der Waals surface area contributed by atoms with Crippen LogP contribution in [0.15, 0.2) is 71.7 Å². The summed E-state index contributed by atoms with van der Waals surface area (Å²) in [6, 6.07) is 20.1. The molecule has 1 aliphatic rings. The predicted octanol–water partition coefficient (Wildman–Crippen LogP) is 4.38. The summed E-state index contributed by atoms with van der Waals surface area (Å²) in [5, 5.41) is 0.911. The fourth-order valence-corrected chi connectivity index (χ4v) is 5.40. The Morgan fingerprint density at radius 3 is 2.51 bits per heavy atom. The monoisotopic (exact) mass is 492 g/mol. The molecule has 0 unspecified atom stereocenters. The fraction of sp³-hybridized carbons (Fsp3) is 0.233. The van der Waals surface area contributed by atoms with E-state index in [1.54, 1.807) is 0 Å². The number of carbonyl (C=O) groups is 1. The molecule has 3 aromatic carbocycles. The number of hydrogen-bond donors (Lipinski definition) is 1. The highest BCUT2D eigenvalue weighted by molar-refractivity contribution is 5.96. The minimum atomic E-state index is -0.555. The topological polar surface area (TPSA) is 92.1 Å². The van der Waals surface area contributed by atoms with Crippen molar-refractivity contribution in [3.8, 4) is 11.3 Å². The van der Waals surface area contributed by atoms with Gasteiger partial charge in [-0.2, -0.15) is 0 Å². The molecule has 1 aliphatic carbocycles. The van der Waals surface area contributed by atoms with E-state index in [0.29, 0.717) is 29.7 Å². The molecule has 0 saturated heterocycles. The van der Waals surface area contributed by atoms with E-state index in [1.807, 2.05) is 54.7 Å². The third-order valence-corrected chi connectivity index (χ3v) is 7.12. The summed E-state index contributed by atoms with van der Waals surface area (Å²) < 4.78 is 3.24. The summed E-state index contributed by atoms with van der Waals surface area (Å²) in [5.41, 5.74) is 13.1. The molecule has 2 N–H and O–H groups in total. The number of hydrogen-bond acceptors (Lipinski definition) is 5. The SMILES string of the molecule is CC(=O)On1c(=O)c(-c2cn(Cc3cccc(CN)c3)c3ccccc23)nc2cc3c(cc21)CCCC3. The number of carbonyl (C=O) groups excluding carboxylic acids is 1. The molecule has 0 fully saturated rings. The summed E-state index contributed by atoms with van der Waals surface area (Å²) >= 11 is 0. The van der Waals surface area contributed by atoms with Crippen LogP contribution in [0.3, 0.4) is 0 Å². The lowest BCUT2D eigenvalue weighted by molar-refractivity contribution is -0.141. The zero-order chi connectivity index (χ0) is 25.5. The smallest absolute Gasteiger partial charge is 0.330 e. The van der Waals surface area contributed by atoms with E-state index >= 15 is 0 Å². The number of para-hydroxylation sites is 1. The molecule has 7 nitrogen and oxygen atoms in total. The van der Waals surface area contributed by atoms with Crippen LogP contribution in [0.4, 0.5) is 0 Å². The average Bonchev–Trinajstić information content (AvgIpc) is 3.27. The van der Waals surface area contributed by atoms with E-state index in [2.05, 4.69) is 16.7 Å². The zero-order valence-electron chi connectivity index (χ0n) is 20.7. The number of rotatable bonds is 5. The van der Waals surface area contributed by atoms with Crippen LogP contribution in [-0.4, -0.2) is 20.3 Å². The Balaban J connectivity index is 1.56. The van der Waals surface area contributed by atoms with Gasteiger partial charge in [0, 0.05) is 42.7 Å². The first kappa shape index (κ1) is 23.2. The van der Waals surface area contributed by atoms with Gasteiger partial charge in [0.25, 0.3) is 0 Å². The minimum absolute atomic E-state index is 0.259. The Kier molecular flexibility index (Phi) is 5.85. The molecule has 6 rings (SSSR count). The molecule has 5 aromatic rings. The summed E-state index contributed by atoms with van der Waals surface area (Å²) in [4.78, 5) is 36.1. The second-order valence-corrected chi connectivity index (χ2v) is 9.67. The minimum Gasteiger partial charge on any atom is -0.342 e. The number of nitrogens with zero attached hydrogens (tertiary/aromatic N) is 3. The van der Waals surface area contributed by atoms with Crippen molar-refractivity contribution in [1.29, 1.82) is 0 Å². The van der Waals surface area contributed by atoms with Gasteiger partial charge in [-0.05, 0) is 66.1 Å². The van der Waals surface area contributed by atoms with Gasteiger partial charge in [-0.1, -0.05) is 42.5 Å². The third kappa shape index (κ3) is 4.21. The Bertz CT molecular complexity index is 1730. The lowest BCUT2D eigenvalue weighted by Gasteiger charge is -2.18. The normalized spacial score (nSPS) is 13.1. The third-order valence-electron chi connectivity index (χ3n) is 7.12. The van der Waals surface area contributed by atoms with E-state index in [-0.39, 0.29) is 5.69 Å². The lowest BCUT2D eigenvalue weighted by Crippen LogP contribution is -2.32. The number of fused-ring (bicyclic) bond motifs is 3. The maximum Gasteiger partial charge on any atom is 0.330 e. The number of nitrogens with two attached hydrogens (primary N) is 1. The van der Waals surface area contributed by atoms with Gasteiger partial charge in [-0.25, -0.2) is 9.78 Å². The number of benzene rings is 3. The number of aryl methyl sites for hydroxylation is 2. The van der Waals surface area contributed by atoms with Crippen molar-refractivity contribution in [3.63, 3.8) is 0 Å². The molecule has 7 heteroatoms. The van der Waals surface area contributed by atoms with E-state index in [4.69, 9.17) is 15.6 Å². The zero-order valence-corrected chi connectivity index (χ0v) is 20.7. The van der Waals surface area contributed by atoms with Gasteiger partial charge >= 0.3 is 11.5 Å². The van der Waals surface area contributed by atoms with E-state index < -0.39 is 11.5 Å². The lowest BCUT2D eigenvalue weighted by atomic mass is 9.91. The Hall–Kier alpha value is -4.23. The van der Waals surface area contributed by atoms with Crippen LogP contribution >= 0.6 is 0 Å². The highest BCUT2D eigenvalue weighted by Crippen LogP contribution is 2.31. The van der Waals surface area contributed by atoms with E-state index in [0.717, 1.165) is 52.4 Å². The molecule has 0 atom stereocenters. The largest absolute Gasteiger partial charge is 0.342 e. The van der Waals surface area contributed by atoms with Crippen molar-refractivity contribution >= 4 is 27.9 Å². The molecule has 0 aliphatic heterocycles. The van der Waals surface area contributed by atoms with E-state index in [1.165, 1.54) is 18.1 Å². The Morgan fingerprint density at radius 2 is 1.73 bits per heavy atom. The van der Waals surface area contributed by atoms with Gasteiger partial charge < -0.3 is 15.1 Å². The van der Waals surface area contributed by atoms with Crippen molar-refractivity contribution in [2.75, 3.05) is 0 Å². The molecule has 0 amide bonds. The molecule has 0 spiro atoms. The van der Waals surface area contributed by atoms with Crippen LogP contribution in [-0.2, 0) is 30.7 Å². The highest BCUT2D eigenvalue weighted by Gasteiger charge is 2.21. The molecule has 186 valence electrons. The van der Waals surface area contributed by atoms with Gasteiger partial charge in [0.2, 0.25) is 0 Å². The molecular formula is C30H28N4O3. The fourth-order valence-electron chi connectivity index (χ4n) is 5.40. The summed E-state index contributed by atoms with van der Waals surface area (Å²) in [7, 11) is 0. The molecule has 0 saturated carbocycles. The second kappa shape index (κ2) is 9.33. The van der Waals surface area contributed by atoms with Crippen molar-refractivity contribution < 1.29 is 9.63 Å². The highest BCUT2D eigenvalue weighted by atomic mass is 16.7. The first-order valence-corrected chi connectivity index (χ1v) is 12.7. The van der Waals surface area contributed by atoms with Crippen molar-refractivity contribution in [2.45, 2.75) is 45.7 Å². The average molecular weight is 493 g/mol. The first-order chi connectivity index (χ1) is 18.0. The van der Waals surface area contributed by atoms with Crippen LogP contribution < -0.4 is 16.1 Å². The summed E-state index contributed by atoms with van der Waals surface area (Å²) in [5.74, 6) is -0.555. The van der Waals surface area contributed by atoms with Gasteiger partial charge in [-0.15, -0.1) is 4.73 Å². The van der Waals surface area contributed by atoms with Crippen LogP contribution in [0.25, 0.3) is 33.2 Å². The van der Waals surface area contributed by atoms with Gasteiger partial charge in [0.15, 0.2) is 0 Å². The van der Waals surface area contributed by atoms with Gasteiger partial charge in [-0.3, -0.25) is 4.79 Å². The second-order valence-electron chi connectivity index (χ2n) is 9.67. The van der Waals surface area contributed by atoms with Crippen molar-refractivity contribution in [1.82, 2.24) is 14.3 Å². The predicted molar refractivity (Wildman–Crippen MR) is 144 cm³/mol. The van der Waals surface area contributed by atoms with Crippen LogP contribution in [0, 0.1) is 0 Å². The summed E-state index contributed by atoms with van der Waals surface area (Å²) in [6.07, 6.45) is 6.13. The maximum absolute atomic E-state index is 13.8. The van der Waals surface area contributed by atoms with Crippen LogP contribution in [0.5, 0.6) is 0 Å². The van der Waals surface area contributed by atoms with Crippen LogP contribution in [0.1, 0.15) is 42.0 Å². The van der Waals surface area contributed by atoms with Crippen molar-refractivity contribution in [2.24, 2.45) is 5.73 Å². The quantitative estimate of drug-likeness (QED) is 0.393. The van der Waals surface area contributed by atoms with Gasteiger partial charge in [0.05, 0.1) is 5.52 Å². The maximum atomic E-state index is 13.8. The standard InChI is InChI=1S/C30H28N4O3/c1-19(35)37-34-28-15-23-10-3-2-9-22(23)14-26(28)32-29(30(34)36)25-18-33(27-12-5-4-11-24(25)27)17-21-8-6-7-20(13-21)16-31/h4-8,11-15,18H,2-3,9-10,16-17,31H2,1H3. The van der Waals surface area contributed by atoms with Gasteiger partial charge in [0.1, 0.15) is 11.2 Å². The molecular weight excluding hydrogens is 464 g/mol. The van der Waals surface area contributed by atoms with Crippen molar-refractivity contribution in [3.05, 3.63) is 99.5 Å². The first-order valence-electron chi connectivity index (χ1n) is 12.7. The molecule has 0 bridgehead atoms. The Morgan fingerprint density at radius 1 is 0.973 bits per heavy atom. The summed E-state index contributed by atoms with van der Waals surface area (Å²) in [6.45, 7) is 2.40.